The summed E-state index contributed by atoms with van der Waals surface area (Å²) in [5.74, 6) is 0.161. The highest BCUT2D eigenvalue weighted by atomic mass is 35.5. The highest BCUT2D eigenvalue weighted by Gasteiger charge is 2.16. The van der Waals surface area contributed by atoms with E-state index in [1.807, 2.05) is 17.0 Å². The van der Waals surface area contributed by atoms with Crippen molar-refractivity contribution in [1.29, 1.82) is 0 Å². The van der Waals surface area contributed by atoms with Crippen LogP contribution in [-0.4, -0.2) is 54.5 Å². The summed E-state index contributed by atoms with van der Waals surface area (Å²) in [6.07, 6.45) is 4.22. The summed E-state index contributed by atoms with van der Waals surface area (Å²) in [7, 11) is 0. The topological polar surface area (TPSA) is 83.6 Å². The number of rotatable bonds is 2. The van der Waals surface area contributed by atoms with Crippen LogP contribution in [0.2, 0.25) is 5.02 Å². The van der Waals surface area contributed by atoms with Gasteiger partial charge in [-0.15, -0.1) is 0 Å². The summed E-state index contributed by atoms with van der Waals surface area (Å²) in [5.41, 5.74) is 1.43. The molecule has 28 heavy (non-hydrogen) atoms. The maximum Gasteiger partial charge on any atom is 0.255 e. The van der Waals surface area contributed by atoms with Crippen LogP contribution in [0.4, 0.5) is 0 Å². The normalized spacial score (nSPS) is 16.9. The van der Waals surface area contributed by atoms with E-state index in [0.717, 1.165) is 5.56 Å². The number of hydrogen-bond donors (Lipinski definition) is 2. The van der Waals surface area contributed by atoms with Crippen molar-refractivity contribution in [1.82, 2.24) is 20.5 Å². The highest BCUT2D eigenvalue weighted by Crippen LogP contribution is 2.23. The Bertz CT molecular complexity index is 816. The Morgan fingerprint density at radius 1 is 1.18 bits per heavy atom. The highest BCUT2D eigenvalue weighted by molar-refractivity contribution is 6.31. The molecule has 1 aromatic carbocycles. The van der Waals surface area contributed by atoms with Crippen LogP contribution in [0, 0.1) is 0 Å². The third-order valence-electron chi connectivity index (χ3n) is 4.30. The summed E-state index contributed by atoms with van der Waals surface area (Å²) in [4.78, 5) is 31.0. The molecule has 0 aliphatic carbocycles. The SMILES string of the molecule is O=C1CN(Cc2cccnc2)CCCNC(=O)c2cc(Cl)ccc2OCCN1. The van der Waals surface area contributed by atoms with E-state index in [1.54, 1.807) is 30.6 Å². The van der Waals surface area contributed by atoms with Gasteiger partial charge >= 0.3 is 0 Å². The Kier molecular flexibility index (Phi) is 7.22. The van der Waals surface area contributed by atoms with E-state index in [-0.39, 0.29) is 25.0 Å². The molecular weight excluding hydrogens is 380 g/mol. The molecule has 2 aromatic rings. The zero-order valence-electron chi connectivity index (χ0n) is 15.5. The number of carbonyl (C=O) groups is 2. The van der Waals surface area contributed by atoms with E-state index in [0.29, 0.717) is 48.9 Å². The Labute approximate surface area is 169 Å². The number of pyridine rings is 1. The number of ether oxygens (including phenoxy) is 1. The molecule has 0 bridgehead atoms. The lowest BCUT2D eigenvalue weighted by Gasteiger charge is -2.22. The van der Waals surface area contributed by atoms with Crippen molar-refractivity contribution in [2.75, 3.05) is 32.8 Å². The lowest BCUT2D eigenvalue weighted by molar-refractivity contribution is -0.122. The van der Waals surface area contributed by atoms with Crippen molar-refractivity contribution in [3.05, 3.63) is 58.9 Å². The third kappa shape index (κ3) is 5.94. The summed E-state index contributed by atoms with van der Waals surface area (Å²) >= 11 is 6.03. The van der Waals surface area contributed by atoms with Crippen molar-refractivity contribution in [3.8, 4) is 5.75 Å². The van der Waals surface area contributed by atoms with Crippen LogP contribution >= 0.6 is 11.6 Å². The fourth-order valence-corrected chi connectivity index (χ4v) is 3.15. The van der Waals surface area contributed by atoms with Crippen molar-refractivity contribution in [2.24, 2.45) is 0 Å². The Balaban J connectivity index is 1.68. The largest absolute Gasteiger partial charge is 0.491 e. The van der Waals surface area contributed by atoms with Gasteiger partial charge in [-0.2, -0.15) is 0 Å². The first kappa shape index (κ1) is 20.1. The molecular formula is C20H23ClN4O3. The average Bonchev–Trinajstić information content (AvgIpc) is 2.69. The van der Waals surface area contributed by atoms with Crippen LogP contribution in [0.1, 0.15) is 22.3 Å². The van der Waals surface area contributed by atoms with Gasteiger partial charge in [0.2, 0.25) is 5.91 Å². The van der Waals surface area contributed by atoms with Gasteiger partial charge in [0.15, 0.2) is 0 Å². The quantitative estimate of drug-likeness (QED) is 0.801. The molecule has 0 fully saturated rings. The number of halogens is 1. The molecule has 148 valence electrons. The standard InChI is InChI=1S/C20H23ClN4O3/c21-16-4-5-18-17(11-16)20(27)24-7-2-9-25(13-15-3-1-6-22-12-15)14-19(26)23-8-10-28-18/h1,3-6,11-12H,2,7-10,13-14H2,(H,23,26)(H,24,27). The second-order valence-corrected chi connectivity index (χ2v) is 6.96. The van der Waals surface area contributed by atoms with Crippen molar-refractivity contribution in [2.45, 2.75) is 13.0 Å². The van der Waals surface area contributed by atoms with Crippen LogP contribution in [0.3, 0.4) is 0 Å². The first-order chi connectivity index (χ1) is 13.6. The molecule has 2 amide bonds. The van der Waals surface area contributed by atoms with Gasteiger partial charge in [-0.05, 0) is 36.2 Å². The van der Waals surface area contributed by atoms with E-state index in [9.17, 15) is 9.59 Å². The van der Waals surface area contributed by atoms with E-state index >= 15 is 0 Å². The molecule has 0 radical (unpaired) electrons. The van der Waals surface area contributed by atoms with E-state index in [4.69, 9.17) is 16.3 Å². The van der Waals surface area contributed by atoms with Crippen LogP contribution in [0.25, 0.3) is 0 Å². The summed E-state index contributed by atoms with van der Waals surface area (Å²) in [6, 6.07) is 8.78. The van der Waals surface area contributed by atoms with Crippen LogP contribution in [0.5, 0.6) is 5.75 Å². The zero-order chi connectivity index (χ0) is 19.8. The molecule has 1 aliphatic rings. The number of fused-ring (bicyclic) bond motifs is 1. The minimum absolute atomic E-state index is 0.0649. The van der Waals surface area contributed by atoms with Gasteiger partial charge < -0.3 is 15.4 Å². The molecule has 3 rings (SSSR count). The molecule has 2 N–H and O–H groups in total. The summed E-state index contributed by atoms with van der Waals surface area (Å²) in [5, 5.41) is 6.22. The molecule has 0 saturated carbocycles. The minimum atomic E-state index is -0.225. The van der Waals surface area contributed by atoms with Crippen molar-refractivity contribution >= 4 is 23.4 Å². The Morgan fingerprint density at radius 3 is 2.89 bits per heavy atom. The molecule has 0 unspecified atom stereocenters. The third-order valence-corrected chi connectivity index (χ3v) is 4.54. The van der Waals surface area contributed by atoms with Gasteiger partial charge in [-0.1, -0.05) is 17.7 Å². The van der Waals surface area contributed by atoms with Crippen LogP contribution < -0.4 is 15.4 Å². The van der Waals surface area contributed by atoms with Gasteiger partial charge in [-0.3, -0.25) is 19.5 Å². The average molecular weight is 403 g/mol. The molecule has 7 nitrogen and oxygen atoms in total. The van der Waals surface area contributed by atoms with Gasteiger partial charge in [0, 0.05) is 37.1 Å². The van der Waals surface area contributed by atoms with Crippen molar-refractivity contribution < 1.29 is 14.3 Å². The first-order valence-corrected chi connectivity index (χ1v) is 9.58. The molecule has 0 saturated heterocycles. The monoisotopic (exact) mass is 402 g/mol. The molecule has 2 heterocycles. The molecule has 1 aromatic heterocycles. The number of nitrogens with zero attached hydrogens (tertiary/aromatic N) is 2. The number of carbonyl (C=O) groups excluding carboxylic acids is 2. The maximum absolute atomic E-state index is 12.5. The predicted molar refractivity (Wildman–Crippen MR) is 106 cm³/mol. The van der Waals surface area contributed by atoms with Gasteiger partial charge in [0.1, 0.15) is 12.4 Å². The van der Waals surface area contributed by atoms with Crippen molar-refractivity contribution in [3.63, 3.8) is 0 Å². The van der Waals surface area contributed by atoms with Crippen LogP contribution in [-0.2, 0) is 11.3 Å². The molecule has 1 aliphatic heterocycles. The minimum Gasteiger partial charge on any atom is -0.491 e. The fourth-order valence-electron chi connectivity index (χ4n) is 2.98. The lowest BCUT2D eigenvalue weighted by atomic mass is 10.2. The number of aromatic nitrogens is 1. The second kappa shape index (κ2) is 10.1. The fraction of sp³-hybridized carbons (Fsp3) is 0.350. The number of hydrogen-bond acceptors (Lipinski definition) is 5. The zero-order valence-corrected chi connectivity index (χ0v) is 16.2. The number of amides is 2. The second-order valence-electron chi connectivity index (χ2n) is 6.52. The molecule has 0 spiro atoms. The number of benzene rings is 1. The smallest absolute Gasteiger partial charge is 0.255 e. The maximum atomic E-state index is 12.5. The summed E-state index contributed by atoms with van der Waals surface area (Å²) < 4.78 is 5.67. The van der Waals surface area contributed by atoms with Gasteiger partial charge in [0.25, 0.3) is 5.91 Å². The molecule has 0 atom stereocenters. The van der Waals surface area contributed by atoms with E-state index in [2.05, 4.69) is 15.6 Å². The predicted octanol–water partition coefficient (Wildman–Crippen LogP) is 1.87. The first-order valence-electron chi connectivity index (χ1n) is 9.20. The van der Waals surface area contributed by atoms with Gasteiger partial charge in [0.05, 0.1) is 18.7 Å². The number of nitrogens with one attached hydrogen (secondary N) is 2. The van der Waals surface area contributed by atoms with E-state index in [1.165, 1.54) is 0 Å². The summed E-state index contributed by atoms with van der Waals surface area (Å²) in [6.45, 7) is 2.65. The van der Waals surface area contributed by atoms with Crippen LogP contribution in [0.15, 0.2) is 42.7 Å². The molecule has 8 heteroatoms. The Hall–Kier alpha value is -2.64. The van der Waals surface area contributed by atoms with E-state index < -0.39 is 0 Å². The van der Waals surface area contributed by atoms with Gasteiger partial charge in [-0.25, -0.2) is 0 Å². The Morgan fingerprint density at radius 2 is 2.07 bits per heavy atom. The lowest BCUT2D eigenvalue weighted by Crippen LogP contribution is -2.40.